The molecule has 0 radical (unpaired) electrons. The van der Waals surface area contributed by atoms with Crippen molar-refractivity contribution < 1.29 is 4.79 Å². The van der Waals surface area contributed by atoms with Crippen molar-refractivity contribution in [2.75, 3.05) is 0 Å². The lowest BCUT2D eigenvalue weighted by molar-refractivity contribution is -0.104. The summed E-state index contributed by atoms with van der Waals surface area (Å²) in [5.74, 6) is 0. The van der Waals surface area contributed by atoms with Crippen LogP contribution < -0.4 is 5.73 Å². The summed E-state index contributed by atoms with van der Waals surface area (Å²) in [5, 5.41) is 0.299. The fourth-order valence-electron chi connectivity index (χ4n) is 0.383. The molecule has 0 aromatic carbocycles. The van der Waals surface area contributed by atoms with Crippen LogP contribution in [0.4, 0.5) is 0 Å². The molecule has 0 aliphatic rings. The van der Waals surface area contributed by atoms with Crippen LogP contribution in [0.25, 0.3) is 0 Å². The van der Waals surface area contributed by atoms with E-state index in [9.17, 15) is 4.79 Å². The maximum Gasteiger partial charge on any atom is 0.151 e. The molecule has 54 valence electrons. The van der Waals surface area contributed by atoms with Gasteiger partial charge in [0.05, 0.1) is 5.03 Å². The van der Waals surface area contributed by atoms with Crippen molar-refractivity contribution in [2.45, 2.75) is 0 Å². The minimum absolute atomic E-state index is 0.299. The van der Waals surface area contributed by atoms with Gasteiger partial charge < -0.3 is 5.73 Å². The second kappa shape index (κ2) is 4.82. The van der Waals surface area contributed by atoms with Crippen LogP contribution in [-0.4, -0.2) is 6.29 Å². The maximum absolute atomic E-state index is 10.2. The lowest BCUT2D eigenvalue weighted by Crippen LogP contribution is -1.83. The van der Waals surface area contributed by atoms with E-state index in [1.165, 1.54) is 18.4 Å². The second-order valence-corrected chi connectivity index (χ2v) is 1.89. The molecule has 2 N–H and O–H groups in total. The fraction of sp³-hybridized carbons (Fsp3) is 0. The third-order valence-corrected chi connectivity index (χ3v) is 1.21. The lowest BCUT2D eigenvalue weighted by Gasteiger charge is -1.89. The molecule has 2 nitrogen and oxygen atoms in total. The number of carbonyl (C=O) groups excluding carboxylic acids is 1. The van der Waals surface area contributed by atoms with Gasteiger partial charge >= 0.3 is 0 Å². The van der Waals surface area contributed by atoms with Crippen LogP contribution >= 0.6 is 11.6 Å². The minimum atomic E-state index is 0.299. The quantitative estimate of drug-likeness (QED) is 0.382. The Morgan fingerprint density at radius 3 is 2.50 bits per heavy atom. The third-order valence-electron chi connectivity index (χ3n) is 0.865. The number of hydrogen-bond acceptors (Lipinski definition) is 2. The van der Waals surface area contributed by atoms with Gasteiger partial charge in [0.15, 0.2) is 6.29 Å². The summed E-state index contributed by atoms with van der Waals surface area (Å²) >= 11 is 5.56. The summed E-state index contributed by atoms with van der Waals surface area (Å²) in [4.78, 5) is 10.2. The predicted molar refractivity (Wildman–Crippen MR) is 42.5 cm³/mol. The largest absolute Gasteiger partial charge is 0.405 e. The van der Waals surface area contributed by atoms with Crippen molar-refractivity contribution in [1.82, 2.24) is 0 Å². The Morgan fingerprint density at radius 2 is 2.20 bits per heavy atom. The standard InChI is InChI=1S/C7H8ClNO/c1-2-6(5-10)7(8)3-4-9/h2-5H,1,9H2/b4-3-,7-6-. The van der Waals surface area contributed by atoms with Crippen molar-refractivity contribution in [3.63, 3.8) is 0 Å². The SMILES string of the molecule is C=C/C(C=O)=C(Cl)\C=C/N. The number of halogens is 1. The van der Waals surface area contributed by atoms with E-state index in [1.807, 2.05) is 0 Å². The average molecular weight is 158 g/mol. The van der Waals surface area contributed by atoms with E-state index in [4.69, 9.17) is 17.3 Å². The van der Waals surface area contributed by atoms with Crippen molar-refractivity contribution in [1.29, 1.82) is 0 Å². The molecule has 0 aromatic rings. The summed E-state index contributed by atoms with van der Waals surface area (Å²) < 4.78 is 0. The molecule has 0 fully saturated rings. The summed E-state index contributed by atoms with van der Waals surface area (Å²) in [6.45, 7) is 3.39. The van der Waals surface area contributed by atoms with Gasteiger partial charge in [0.25, 0.3) is 0 Å². The zero-order valence-corrected chi connectivity index (χ0v) is 6.14. The molecule has 0 heterocycles. The zero-order valence-electron chi connectivity index (χ0n) is 5.38. The minimum Gasteiger partial charge on any atom is -0.405 e. The van der Waals surface area contributed by atoms with Crippen LogP contribution in [0.1, 0.15) is 0 Å². The molecule has 0 rings (SSSR count). The monoisotopic (exact) mass is 157 g/mol. The Balaban J connectivity index is 4.58. The van der Waals surface area contributed by atoms with E-state index in [1.54, 1.807) is 0 Å². The van der Waals surface area contributed by atoms with Gasteiger partial charge in [-0.15, -0.1) is 0 Å². The van der Waals surface area contributed by atoms with Gasteiger partial charge in [0, 0.05) is 5.57 Å². The number of aldehydes is 1. The molecule has 0 atom stereocenters. The Kier molecular flexibility index (Phi) is 4.33. The van der Waals surface area contributed by atoms with Crippen LogP contribution in [0.15, 0.2) is 35.5 Å². The maximum atomic E-state index is 10.2. The third kappa shape index (κ3) is 2.51. The molecule has 10 heavy (non-hydrogen) atoms. The lowest BCUT2D eigenvalue weighted by atomic mass is 10.2. The first-order valence-corrected chi connectivity index (χ1v) is 2.99. The summed E-state index contributed by atoms with van der Waals surface area (Å²) in [5.41, 5.74) is 5.36. The van der Waals surface area contributed by atoms with Gasteiger partial charge in [-0.3, -0.25) is 4.79 Å². The fourth-order valence-corrected chi connectivity index (χ4v) is 0.577. The number of allylic oxidation sites excluding steroid dienone is 4. The highest BCUT2D eigenvalue weighted by atomic mass is 35.5. The molecule has 3 heteroatoms. The van der Waals surface area contributed by atoms with Gasteiger partial charge in [0.1, 0.15) is 0 Å². The van der Waals surface area contributed by atoms with E-state index in [-0.39, 0.29) is 0 Å². The number of nitrogens with two attached hydrogens (primary N) is 1. The summed E-state index contributed by atoms with van der Waals surface area (Å²) in [6, 6.07) is 0. The number of hydrogen-bond donors (Lipinski definition) is 1. The molecule has 0 aliphatic heterocycles. The first-order chi connectivity index (χ1) is 4.76. The highest BCUT2D eigenvalue weighted by molar-refractivity contribution is 6.33. The average Bonchev–Trinajstić information content (AvgIpc) is 1.91. The van der Waals surface area contributed by atoms with Crippen molar-refractivity contribution in [3.05, 3.63) is 35.5 Å². The van der Waals surface area contributed by atoms with E-state index in [0.29, 0.717) is 16.9 Å². The van der Waals surface area contributed by atoms with Crippen LogP contribution in [0.2, 0.25) is 0 Å². The van der Waals surface area contributed by atoms with Gasteiger partial charge in [-0.1, -0.05) is 24.3 Å². The zero-order chi connectivity index (χ0) is 7.98. The van der Waals surface area contributed by atoms with Gasteiger partial charge in [-0.2, -0.15) is 0 Å². The molecule has 0 aromatic heterocycles. The molecule has 0 unspecified atom stereocenters. The Morgan fingerprint density at radius 1 is 1.60 bits per heavy atom. The van der Waals surface area contributed by atoms with Crippen LogP contribution in [0, 0.1) is 0 Å². The molecular formula is C7H8ClNO. The molecular weight excluding hydrogens is 150 g/mol. The van der Waals surface area contributed by atoms with Gasteiger partial charge in [-0.25, -0.2) is 0 Å². The van der Waals surface area contributed by atoms with Gasteiger partial charge in [-0.05, 0) is 12.3 Å². The molecule has 0 aliphatic carbocycles. The van der Waals surface area contributed by atoms with E-state index >= 15 is 0 Å². The normalized spacial score (nSPS) is 12.9. The van der Waals surface area contributed by atoms with Crippen molar-refractivity contribution in [3.8, 4) is 0 Å². The van der Waals surface area contributed by atoms with Crippen LogP contribution in [-0.2, 0) is 4.79 Å². The Hall–Kier alpha value is -1.02. The highest BCUT2D eigenvalue weighted by Crippen LogP contribution is 2.08. The summed E-state index contributed by atoms with van der Waals surface area (Å²) in [6.07, 6.45) is 4.67. The Labute approximate surface area is 64.7 Å². The first kappa shape index (κ1) is 8.98. The number of rotatable bonds is 3. The van der Waals surface area contributed by atoms with E-state index in [0.717, 1.165) is 0 Å². The summed E-state index contributed by atoms with van der Waals surface area (Å²) in [7, 11) is 0. The molecule has 0 spiro atoms. The number of carbonyl (C=O) groups is 1. The Bertz CT molecular complexity index is 184. The topological polar surface area (TPSA) is 43.1 Å². The van der Waals surface area contributed by atoms with Crippen molar-refractivity contribution in [2.24, 2.45) is 5.73 Å². The van der Waals surface area contributed by atoms with E-state index in [2.05, 4.69) is 6.58 Å². The van der Waals surface area contributed by atoms with Crippen molar-refractivity contribution >= 4 is 17.9 Å². The van der Waals surface area contributed by atoms with Crippen LogP contribution in [0.3, 0.4) is 0 Å². The predicted octanol–water partition coefficient (Wildman–Crippen LogP) is 1.34. The van der Waals surface area contributed by atoms with E-state index < -0.39 is 0 Å². The first-order valence-electron chi connectivity index (χ1n) is 2.62. The molecule has 0 saturated heterocycles. The van der Waals surface area contributed by atoms with Crippen LogP contribution in [0.5, 0.6) is 0 Å². The van der Waals surface area contributed by atoms with Gasteiger partial charge in [0.2, 0.25) is 0 Å². The molecule has 0 amide bonds. The highest BCUT2D eigenvalue weighted by Gasteiger charge is 1.93. The second-order valence-electron chi connectivity index (χ2n) is 1.48. The molecule has 0 bridgehead atoms. The molecule has 0 saturated carbocycles. The smallest absolute Gasteiger partial charge is 0.151 e.